The summed E-state index contributed by atoms with van der Waals surface area (Å²) in [5, 5.41) is 2.91. The summed E-state index contributed by atoms with van der Waals surface area (Å²) in [4.78, 5) is 11.9. The van der Waals surface area contributed by atoms with Gasteiger partial charge in [0.15, 0.2) is 6.61 Å². The lowest BCUT2D eigenvalue weighted by Gasteiger charge is -2.16. The van der Waals surface area contributed by atoms with Gasteiger partial charge in [0.05, 0.1) is 6.04 Å². The van der Waals surface area contributed by atoms with Crippen molar-refractivity contribution < 1.29 is 9.53 Å². The van der Waals surface area contributed by atoms with E-state index in [0.717, 1.165) is 10.0 Å². The largest absolute Gasteiger partial charge is 0.484 e. The van der Waals surface area contributed by atoms with Crippen molar-refractivity contribution >= 4 is 21.8 Å². The van der Waals surface area contributed by atoms with E-state index in [1.165, 1.54) is 0 Å². The number of para-hydroxylation sites is 1. The summed E-state index contributed by atoms with van der Waals surface area (Å²) >= 11 is 3.48. The van der Waals surface area contributed by atoms with E-state index < -0.39 is 0 Å². The number of nitrogens with one attached hydrogen (secondary N) is 1. The average Bonchev–Trinajstić information content (AvgIpc) is 2.46. The molecule has 0 spiro atoms. The monoisotopic (exact) mass is 333 g/mol. The molecule has 0 aliphatic heterocycles. The van der Waals surface area contributed by atoms with Gasteiger partial charge >= 0.3 is 0 Å². The van der Waals surface area contributed by atoms with Gasteiger partial charge in [-0.1, -0.05) is 52.3 Å². The molecule has 1 atom stereocenters. The van der Waals surface area contributed by atoms with Crippen molar-refractivity contribution in [2.24, 2.45) is 0 Å². The quantitative estimate of drug-likeness (QED) is 0.905. The highest BCUT2D eigenvalue weighted by molar-refractivity contribution is 9.10. The first-order valence-electron chi connectivity index (χ1n) is 6.38. The Morgan fingerprint density at radius 3 is 2.50 bits per heavy atom. The highest BCUT2D eigenvalue weighted by atomic mass is 79.9. The Balaban J connectivity index is 1.87. The van der Waals surface area contributed by atoms with Crippen LogP contribution in [-0.2, 0) is 4.79 Å². The molecule has 4 heteroatoms. The number of benzene rings is 2. The minimum atomic E-state index is -0.142. The second-order valence-corrected chi connectivity index (χ2v) is 5.27. The molecule has 0 bridgehead atoms. The van der Waals surface area contributed by atoms with E-state index in [1.54, 1.807) is 0 Å². The van der Waals surface area contributed by atoms with E-state index in [2.05, 4.69) is 21.2 Å². The Hall–Kier alpha value is -1.81. The number of halogens is 1. The number of hydrogen-bond acceptors (Lipinski definition) is 2. The molecule has 0 radical (unpaired) electrons. The fraction of sp³-hybridized carbons (Fsp3) is 0.188. The first kappa shape index (κ1) is 14.6. The van der Waals surface area contributed by atoms with Gasteiger partial charge in [-0.25, -0.2) is 0 Å². The number of ether oxygens (including phenoxy) is 1. The van der Waals surface area contributed by atoms with Gasteiger partial charge in [-0.15, -0.1) is 0 Å². The van der Waals surface area contributed by atoms with Crippen LogP contribution in [0.3, 0.4) is 0 Å². The van der Waals surface area contributed by atoms with Crippen LogP contribution in [0.1, 0.15) is 18.5 Å². The summed E-state index contributed by atoms with van der Waals surface area (Å²) in [5.74, 6) is 0.549. The van der Waals surface area contributed by atoms with Gasteiger partial charge in [0.25, 0.3) is 5.91 Å². The predicted octanol–water partition coefficient (Wildman–Crippen LogP) is 3.71. The van der Waals surface area contributed by atoms with Crippen molar-refractivity contribution in [2.45, 2.75) is 13.0 Å². The van der Waals surface area contributed by atoms with Gasteiger partial charge in [0.2, 0.25) is 0 Å². The molecule has 0 heterocycles. The van der Waals surface area contributed by atoms with Crippen LogP contribution in [-0.4, -0.2) is 12.5 Å². The fourth-order valence-electron chi connectivity index (χ4n) is 1.85. The van der Waals surface area contributed by atoms with Gasteiger partial charge in [-0.05, 0) is 30.7 Å². The molecule has 2 rings (SSSR count). The summed E-state index contributed by atoms with van der Waals surface area (Å²) in [6, 6.07) is 17.1. The lowest BCUT2D eigenvalue weighted by molar-refractivity contribution is -0.123. The van der Waals surface area contributed by atoms with E-state index in [9.17, 15) is 4.79 Å². The number of carbonyl (C=O) groups excluding carboxylic acids is 1. The van der Waals surface area contributed by atoms with E-state index in [1.807, 2.05) is 61.5 Å². The first-order valence-corrected chi connectivity index (χ1v) is 7.18. The zero-order chi connectivity index (χ0) is 14.4. The smallest absolute Gasteiger partial charge is 0.258 e. The summed E-state index contributed by atoms with van der Waals surface area (Å²) in [7, 11) is 0. The molecule has 0 unspecified atom stereocenters. The van der Waals surface area contributed by atoms with Gasteiger partial charge in [0, 0.05) is 4.47 Å². The topological polar surface area (TPSA) is 38.3 Å². The third-order valence-corrected chi connectivity index (χ3v) is 3.58. The maximum atomic E-state index is 11.9. The third kappa shape index (κ3) is 4.10. The van der Waals surface area contributed by atoms with E-state index in [0.29, 0.717) is 5.75 Å². The summed E-state index contributed by atoms with van der Waals surface area (Å²) in [5.41, 5.74) is 1.04. The predicted molar refractivity (Wildman–Crippen MR) is 82.6 cm³/mol. The molecular weight excluding hydrogens is 318 g/mol. The first-order chi connectivity index (χ1) is 9.66. The second-order valence-electron chi connectivity index (χ2n) is 4.41. The van der Waals surface area contributed by atoms with Crippen molar-refractivity contribution in [1.29, 1.82) is 0 Å². The van der Waals surface area contributed by atoms with Gasteiger partial charge < -0.3 is 10.1 Å². The molecule has 3 nitrogen and oxygen atoms in total. The molecule has 2 aromatic carbocycles. The van der Waals surface area contributed by atoms with Crippen molar-refractivity contribution in [3.63, 3.8) is 0 Å². The van der Waals surface area contributed by atoms with Crippen molar-refractivity contribution in [2.75, 3.05) is 6.61 Å². The number of rotatable bonds is 5. The fourth-order valence-corrected chi connectivity index (χ4v) is 2.48. The Morgan fingerprint density at radius 2 is 1.80 bits per heavy atom. The van der Waals surface area contributed by atoms with Crippen LogP contribution in [0.2, 0.25) is 0 Å². The van der Waals surface area contributed by atoms with E-state index in [4.69, 9.17) is 4.74 Å². The molecule has 1 N–H and O–H groups in total. The molecule has 0 aliphatic carbocycles. The Bertz CT molecular complexity index is 572. The molecular formula is C16H16BrNO2. The normalized spacial score (nSPS) is 11.7. The standard InChI is InChI=1S/C16H16BrNO2/c1-12(14-9-5-6-10-15(14)17)18-16(19)11-20-13-7-3-2-4-8-13/h2-10,12H,11H2,1H3,(H,18,19)/t12-/m1/s1. The molecule has 0 fully saturated rings. The molecule has 0 saturated carbocycles. The molecule has 1 amide bonds. The van der Waals surface area contributed by atoms with Crippen LogP contribution in [0.25, 0.3) is 0 Å². The summed E-state index contributed by atoms with van der Waals surface area (Å²) in [6.45, 7) is 1.96. The minimum Gasteiger partial charge on any atom is -0.484 e. The van der Waals surface area contributed by atoms with E-state index >= 15 is 0 Å². The van der Waals surface area contributed by atoms with Crippen LogP contribution in [0.15, 0.2) is 59.1 Å². The minimum absolute atomic E-state index is 0.0127. The third-order valence-electron chi connectivity index (χ3n) is 2.86. The van der Waals surface area contributed by atoms with Crippen LogP contribution < -0.4 is 10.1 Å². The Kier molecular flexibility index (Phi) is 5.18. The highest BCUT2D eigenvalue weighted by Crippen LogP contribution is 2.22. The van der Waals surface area contributed by atoms with Crippen LogP contribution in [0.5, 0.6) is 5.75 Å². The Morgan fingerprint density at radius 1 is 1.15 bits per heavy atom. The zero-order valence-electron chi connectivity index (χ0n) is 11.2. The van der Waals surface area contributed by atoms with Crippen LogP contribution >= 0.6 is 15.9 Å². The lowest BCUT2D eigenvalue weighted by Crippen LogP contribution is -2.31. The zero-order valence-corrected chi connectivity index (χ0v) is 12.8. The molecule has 104 valence electrons. The molecule has 0 saturated heterocycles. The SMILES string of the molecule is C[C@@H](NC(=O)COc1ccccc1)c1ccccc1Br. The van der Waals surface area contributed by atoms with Crippen LogP contribution in [0.4, 0.5) is 0 Å². The maximum absolute atomic E-state index is 11.9. The van der Waals surface area contributed by atoms with Crippen molar-refractivity contribution in [3.05, 3.63) is 64.6 Å². The maximum Gasteiger partial charge on any atom is 0.258 e. The molecule has 0 aliphatic rings. The van der Waals surface area contributed by atoms with Gasteiger partial charge in [-0.2, -0.15) is 0 Å². The number of hydrogen-bond donors (Lipinski definition) is 1. The number of amides is 1. The second kappa shape index (κ2) is 7.10. The average molecular weight is 334 g/mol. The lowest BCUT2D eigenvalue weighted by atomic mass is 10.1. The molecule has 20 heavy (non-hydrogen) atoms. The van der Waals surface area contributed by atoms with Crippen LogP contribution in [0, 0.1) is 0 Å². The molecule has 2 aromatic rings. The summed E-state index contributed by atoms with van der Waals surface area (Å²) < 4.78 is 6.39. The Labute approximate surface area is 127 Å². The van der Waals surface area contributed by atoms with E-state index in [-0.39, 0.29) is 18.6 Å². The summed E-state index contributed by atoms with van der Waals surface area (Å²) in [6.07, 6.45) is 0. The van der Waals surface area contributed by atoms with Gasteiger partial charge in [-0.3, -0.25) is 4.79 Å². The van der Waals surface area contributed by atoms with Gasteiger partial charge in [0.1, 0.15) is 5.75 Å². The van der Waals surface area contributed by atoms with Crippen molar-refractivity contribution in [3.8, 4) is 5.75 Å². The number of carbonyl (C=O) groups is 1. The molecule has 0 aromatic heterocycles. The highest BCUT2D eigenvalue weighted by Gasteiger charge is 2.12. The van der Waals surface area contributed by atoms with Crippen molar-refractivity contribution in [1.82, 2.24) is 5.32 Å².